The fourth-order valence-corrected chi connectivity index (χ4v) is 2.20. The molecule has 15 heavy (non-hydrogen) atoms. The first-order chi connectivity index (χ1) is 7.15. The summed E-state index contributed by atoms with van der Waals surface area (Å²) < 4.78 is 0. The second-order valence-corrected chi connectivity index (χ2v) is 4.75. The van der Waals surface area contributed by atoms with E-state index in [4.69, 9.17) is 0 Å². The van der Waals surface area contributed by atoms with E-state index in [1.165, 1.54) is 12.8 Å². The molecule has 0 bridgehead atoms. The van der Waals surface area contributed by atoms with E-state index >= 15 is 0 Å². The van der Waals surface area contributed by atoms with Crippen LogP contribution >= 0.6 is 0 Å². The van der Waals surface area contributed by atoms with E-state index < -0.39 is 0 Å². The van der Waals surface area contributed by atoms with Crippen LogP contribution in [0.3, 0.4) is 0 Å². The Morgan fingerprint density at radius 1 is 1.33 bits per heavy atom. The summed E-state index contributed by atoms with van der Waals surface area (Å²) in [5, 5.41) is 6.24. The van der Waals surface area contributed by atoms with E-state index in [1.807, 2.05) is 0 Å². The van der Waals surface area contributed by atoms with Gasteiger partial charge in [0.05, 0.1) is 6.54 Å². The summed E-state index contributed by atoms with van der Waals surface area (Å²) in [5.74, 6) is 1.62. The van der Waals surface area contributed by atoms with E-state index in [-0.39, 0.29) is 5.91 Å². The molecule has 0 radical (unpaired) electrons. The normalized spacial score (nSPS) is 30.5. The lowest BCUT2D eigenvalue weighted by molar-refractivity contribution is -0.120. The summed E-state index contributed by atoms with van der Waals surface area (Å²) in [5.41, 5.74) is 0. The highest BCUT2D eigenvalue weighted by Crippen LogP contribution is 2.30. The Bertz CT molecular complexity index is 206. The Balaban J connectivity index is 2.17. The fraction of sp³-hybridized carbons (Fsp3) is 0.917. The summed E-state index contributed by atoms with van der Waals surface area (Å²) in [6.07, 6.45) is 3.50. The molecule has 0 spiro atoms. The van der Waals surface area contributed by atoms with E-state index in [1.54, 1.807) is 0 Å². The van der Waals surface area contributed by atoms with Gasteiger partial charge in [-0.3, -0.25) is 4.79 Å². The average molecular weight is 212 g/mol. The van der Waals surface area contributed by atoms with Gasteiger partial charge < -0.3 is 10.6 Å². The van der Waals surface area contributed by atoms with Gasteiger partial charge >= 0.3 is 0 Å². The highest BCUT2D eigenvalue weighted by Gasteiger charge is 2.29. The van der Waals surface area contributed by atoms with Crippen molar-refractivity contribution >= 4 is 5.91 Å². The molecule has 0 aromatic rings. The largest absolute Gasteiger partial charge is 0.355 e. The van der Waals surface area contributed by atoms with Crippen LogP contribution in [0.2, 0.25) is 0 Å². The third-order valence-electron chi connectivity index (χ3n) is 3.56. The lowest BCUT2D eigenvalue weighted by Crippen LogP contribution is -2.40. The SMILES string of the molecule is CCCNC(=O)CNC1CCC(C)C1C. The Morgan fingerprint density at radius 3 is 2.60 bits per heavy atom. The van der Waals surface area contributed by atoms with Gasteiger partial charge in [-0.25, -0.2) is 0 Å². The second kappa shape index (κ2) is 6.11. The first-order valence-corrected chi connectivity index (χ1v) is 6.15. The van der Waals surface area contributed by atoms with Crippen LogP contribution < -0.4 is 10.6 Å². The van der Waals surface area contributed by atoms with Crippen molar-refractivity contribution in [2.24, 2.45) is 11.8 Å². The van der Waals surface area contributed by atoms with Gasteiger partial charge in [0.1, 0.15) is 0 Å². The highest BCUT2D eigenvalue weighted by atomic mass is 16.1. The molecule has 0 aliphatic heterocycles. The minimum atomic E-state index is 0.128. The van der Waals surface area contributed by atoms with Gasteiger partial charge in [-0.15, -0.1) is 0 Å². The fourth-order valence-electron chi connectivity index (χ4n) is 2.20. The van der Waals surface area contributed by atoms with Crippen LogP contribution in [0.15, 0.2) is 0 Å². The molecule has 0 saturated heterocycles. The van der Waals surface area contributed by atoms with Gasteiger partial charge in [-0.2, -0.15) is 0 Å². The number of amides is 1. The van der Waals surface area contributed by atoms with Crippen molar-refractivity contribution in [1.29, 1.82) is 0 Å². The van der Waals surface area contributed by atoms with Gasteiger partial charge in [-0.05, 0) is 31.1 Å². The lowest BCUT2D eigenvalue weighted by atomic mass is 9.98. The number of carbonyl (C=O) groups is 1. The molecular weight excluding hydrogens is 188 g/mol. The van der Waals surface area contributed by atoms with Crippen molar-refractivity contribution < 1.29 is 4.79 Å². The maximum Gasteiger partial charge on any atom is 0.233 e. The van der Waals surface area contributed by atoms with Crippen LogP contribution in [0.4, 0.5) is 0 Å². The predicted molar refractivity (Wildman–Crippen MR) is 62.7 cm³/mol. The molecule has 1 aliphatic carbocycles. The van der Waals surface area contributed by atoms with Crippen molar-refractivity contribution in [2.45, 2.75) is 46.1 Å². The molecule has 3 unspecified atom stereocenters. The van der Waals surface area contributed by atoms with Gasteiger partial charge in [0, 0.05) is 12.6 Å². The minimum absolute atomic E-state index is 0.128. The quantitative estimate of drug-likeness (QED) is 0.726. The molecule has 2 N–H and O–H groups in total. The summed E-state index contributed by atoms with van der Waals surface area (Å²) in [4.78, 5) is 11.4. The number of hydrogen-bond acceptors (Lipinski definition) is 2. The van der Waals surface area contributed by atoms with Crippen molar-refractivity contribution in [2.75, 3.05) is 13.1 Å². The number of carbonyl (C=O) groups excluding carboxylic acids is 1. The Morgan fingerprint density at radius 2 is 2.07 bits per heavy atom. The molecule has 1 rings (SSSR count). The van der Waals surface area contributed by atoms with E-state index in [0.29, 0.717) is 18.5 Å². The van der Waals surface area contributed by atoms with Crippen molar-refractivity contribution in [3.05, 3.63) is 0 Å². The van der Waals surface area contributed by atoms with Crippen LogP contribution in [-0.2, 0) is 4.79 Å². The molecule has 3 heteroatoms. The average Bonchev–Trinajstić information content (AvgIpc) is 2.54. The monoisotopic (exact) mass is 212 g/mol. The third-order valence-corrected chi connectivity index (χ3v) is 3.56. The summed E-state index contributed by atoms with van der Waals surface area (Å²) in [6.45, 7) is 7.90. The molecule has 1 fully saturated rings. The Kier molecular flexibility index (Phi) is 5.09. The molecule has 1 amide bonds. The zero-order valence-corrected chi connectivity index (χ0v) is 10.2. The van der Waals surface area contributed by atoms with Gasteiger partial charge in [-0.1, -0.05) is 20.8 Å². The Labute approximate surface area is 93.0 Å². The standard InChI is InChI=1S/C12H24N2O/c1-4-7-13-12(15)8-14-11-6-5-9(2)10(11)3/h9-11,14H,4-8H2,1-3H3,(H,13,15). The molecular formula is C12H24N2O. The number of rotatable bonds is 5. The molecule has 1 saturated carbocycles. The van der Waals surface area contributed by atoms with E-state index in [9.17, 15) is 4.79 Å². The second-order valence-electron chi connectivity index (χ2n) is 4.75. The topological polar surface area (TPSA) is 41.1 Å². The molecule has 1 aliphatic rings. The maximum atomic E-state index is 11.4. The zero-order chi connectivity index (χ0) is 11.3. The minimum Gasteiger partial charge on any atom is -0.355 e. The smallest absolute Gasteiger partial charge is 0.233 e. The predicted octanol–water partition coefficient (Wildman–Crippen LogP) is 1.54. The molecule has 0 aromatic carbocycles. The van der Waals surface area contributed by atoms with Crippen molar-refractivity contribution in [3.63, 3.8) is 0 Å². The van der Waals surface area contributed by atoms with Crippen LogP contribution in [0.1, 0.15) is 40.0 Å². The maximum absolute atomic E-state index is 11.4. The number of hydrogen-bond donors (Lipinski definition) is 2. The van der Waals surface area contributed by atoms with E-state index in [0.717, 1.165) is 18.9 Å². The van der Waals surface area contributed by atoms with Crippen molar-refractivity contribution in [3.8, 4) is 0 Å². The zero-order valence-electron chi connectivity index (χ0n) is 10.2. The van der Waals surface area contributed by atoms with Crippen LogP contribution in [0.25, 0.3) is 0 Å². The third kappa shape index (κ3) is 3.82. The Hall–Kier alpha value is -0.570. The number of nitrogens with one attached hydrogen (secondary N) is 2. The molecule has 3 atom stereocenters. The molecule has 0 aromatic heterocycles. The molecule has 0 heterocycles. The lowest BCUT2D eigenvalue weighted by Gasteiger charge is -2.19. The molecule has 88 valence electrons. The highest BCUT2D eigenvalue weighted by molar-refractivity contribution is 5.77. The first-order valence-electron chi connectivity index (χ1n) is 6.15. The summed E-state index contributed by atoms with van der Waals surface area (Å²) in [6, 6.07) is 0.535. The van der Waals surface area contributed by atoms with Crippen LogP contribution in [0.5, 0.6) is 0 Å². The van der Waals surface area contributed by atoms with Gasteiger partial charge in [0.2, 0.25) is 5.91 Å². The molecule has 3 nitrogen and oxygen atoms in total. The first kappa shape index (κ1) is 12.5. The van der Waals surface area contributed by atoms with Crippen LogP contribution in [0, 0.1) is 11.8 Å². The summed E-state index contributed by atoms with van der Waals surface area (Å²) >= 11 is 0. The van der Waals surface area contributed by atoms with Crippen molar-refractivity contribution in [1.82, 2.24) is 10.6 Å². The van der Waals surface area contributed by atoms with Gasteiger partial charge in [0.25, 0.3) is 0 Å². The van der Waals surface area contributed by atoms with Gasteiger partial charge in [0.15, 0.2) is 0 Å². The summed E-state index contributed by atoms with van der Waals surface area (Å²) in [7, 11) is 0. The van der Waals surface area contributed by atoms with E-state index in [2.05, 4.69) is 31.4 Å². The van der Waals surface area contributed by atoms with Crippen LogP contribution in [-0.4, -0.2) is 25.0 Å².